The van der Waals surface area contributed by atoms with Crippen molar-refractivity contribution in [3.63, 3.8) is 0 Å². The summed E-state index contributed by atoms with van der Waals surface area (Å²) in [5.41, 5.74) is 7.27. The molecule has 0 aromatic heterocycles. The van der Waals surface area contributed by atoms with Crippen molar-refractivity contribution in [3.8, 4) is 0 Å². The molecule has 3 aliphatic rings. The van der Waals surface area contributed by atoms with E-state index in [1.165, 1.54) is 29.3 Å². The van der Waals surface area contributed by atoms with Crippen molar-refractivity contribution in [1.29, 1.82) is 0 Å². The summed E-state index contributed by atoms with van der Waals surface area (Å²) < 4.78 is 32.6. The Balaban J connectivity index is 1.69. The van der Waals surface area contributed by atoms with Crippen LogP contribution in [-0.2, 0) is 23.3 Å². The van der Waals surface area contributed by atoms with Crippen LogP contribution in [0.4, 0.5) is 0 Å². The first kappa shape index (κ1) is 18.9. The number of aryl methyl sites for hydroxylation is 1. The zero-order valence-electron chi connectivity index (χ0n) is 15.9. The first-order valence-electron chi connectivity index (χ1n) is 9.50. The summed E-state index contributed by atoms with van der Waals surface area (Å²) in [5, 5.41) is 10.6. The molecule has 27 heavy (non-hydrogen) atoms. The molecule has 6 heteroatoms. The fourth-order valence-corrected chi connectivity index (χ4v) is 5.71. The van der Waals surface area contributed by atoms with Gasteiger partial charge >= 0.3 is 10.3 Å². The molecular weight excluding hydrogens is 362 g/mol. The average molecular weight is 390 g/mol. The number of benzene rings is 1. The predicted octanol–water partition coefficient (Wildman–Crippen LogP) is 3.36. The van der Waals surface area contributed by atoms with Crippen molar-refractivity contribution < 1.29 is 18.1 Å². The second-order valence-electron chi connectivity index (χ2n) is 8.55. The molecule has 0 bridgehead atoms. The maximum atomic E-state index is 11.3. The highest BCUT2D eigenvalue weighted by atomic mass is 32.2. The first-order chi connectivity index (χ1) is 12.6. The maximum Gasteiger partial charge on any atom is 0.335 e. The van der Waals surface area contributed by atoms with Crippen molar-refractivity contribution in [3.05, 3.63) is 52.6 Å². The summed E-state index contributed by atoms with van der Waals surface area (Å²) >= 11 is 0. The Morgan fingerprint density at radius 3 is 2.74 bits per heavy atom. The highest BCUT2D eigenvalue weighted by Gasteiger charge is 2.52. The summed E-state index contributed by atoms with van der Waals surface area (Å²) in [6.07, 6.45) is 4.20. The van der Waals surface area contributed by atoms with Crippen molar-refractivity contribution in [2.75, 3.05) is 7.05 Å². The Bertz CT molecular complexity index is 949. The Labute approximate surface area is 161 Å². The molecule has 1 saturated carbocycles. The Kier molecular flexibility index (Phi) is 4.38. The van der Waals surface area contributed by atoms with Gasteiger partial charge in [-0.3, -0.25) is 4.55 Å². The van der Waals surface area contributed by atoms with Gasteiger partial charge in [-0.15, -0.1) is 0 Å². The van der Waals surface area contributed by atoms with Crippen LogP contribution in [0.25, 0.3) is 5.57 Å². The lowest BCUT2D eigenvalue weighted by atomic mass is 9.62. The van der Waals surface area contributed by atoms with Gasteiger partial charge in [-0.05, 0) is 54.4 Å². The second-order valence-corrected chi connectivity index (χ2v) is 10.1. The average Bonchev–Trinajstić information content (AvgIpc) is 2.82. The van der Waals surface area contributed by atoms with Crippen LogP contribution in [0, 0.1) is 11.3 Å². The minimum Gasteiger partial charge on any atom is -0.392 e. The normalized spacial score (nSPS) is 30.3. The van der Waals surface area contributed by atoms with Crippen LogP contribution in [0.5, 0.6) is 0 Å². The van der Waals surface area contributed by atoms with Gasteiger partial charge in [0.05, 0.1) is 6.10 Å². The molecule has 0 heterocycles. The largest absolute Gasteiger partial charge is 0.392 e. The third kappa shape index (κ3) is 2.99. The lowest BCUT2D eigenvalue weighted by Gasteiger charge is -2.43. The fraction of sp³-hybridized carbons (Fsp3) is 0.524. The van der Waals surface area contributed by atoms with E-state index < -0.39 is 10.3 Å². The van der Waals surface area contributed by atoms with Crippen LogP contribution < -0.4 is 0 Å². The number of fused-ring (bicyclic) bond motifs is 4. The summed E-state index contributed by atoms with van der Waals surface area (Å²) in [6, 6.07) is 6.10. The molecular formula is C21H27NO4S. The summed E-state index contributed by atoms with van der Waals surface area (Å²) in [7, 11) is -2.81. The molecule has 0 radical (unpaired) electrons. The Morgan fingerprint density at radius 1 is 1.30 bits per heavy atom. The van der Waals surface area contributed by atoms with E-state index in [0.717, 1.165) is 41.1 Å². The van der Waals surface area contributed by atoms with E-state index in [1.54, 1.807) is 0 Å². The van der Waals surface area contributed by atoms with Crippen LogP contribution in [0.3, 0.4) is 0 Å². The smallest absolute Gasteiger partial charge is 0.335 e. The highest BCUT2D eigenvalue weighted by molar-refractivity contribution is 7.83. The number of aliphatic hydroxyl groups excluding tert-OH is 1. The first-order valence-corrected chi connectivity index (χ1v) is 10.9. The van der Waals surface area contributed by atoms with Crippen LogP contribution in [0.2, 0.25) is 0 Å². The molecule has 1 aromatic carbocycles. The third-order valence-electron chi connectivity index (χ3n) is 6.89. The molecule has 2 N–H and O–H groups in total. The van der Waals surface area contributed by atoms with Crippen LogP contribution in [-0.4, -0.2) is 35.5 Å². The van der Waals surface area contributed by atoms with Crippen molar-refractivity contribution in [1.82, 2.24) is 4.31 Å². The molecule has 0 spiro atoms. The minimum absolute atomic E-state index is 0.0917. The number of rotatable bonds is 3. The van der Waals surface area contributed by atoms with Gasteiger partial charge in [0.1, 0.15) is 0 Å². The lowest BCUT2D eigenvalue weighted by molar-refractivity contribution is 0.0385. The SMILES string of the molecule is C=C1C[C@H](O)[C@@]2(C)CCC3=C(CCc4cc(CN(C)S(=O)(=O)O)ccc43)C12. The van der Waals surface area contributed by atoms with Gasteiger partial charge in [0.15, 0.2) is 0 Å². The third-order valence-corrected chi connectivity index (χ3v) is 7.81. The molecule has 4 rings (SSSR count). The molecule has 3 aliphatic carbocycles. The van der Waals surface area contributed by atoms with Gasteiger partial charge in [0.2, 0.25) is 0 Å². The van der Waals surface area contributed by atoms with E-state index in [4.69, 9.17) is 4.55 Å². The number of nitrogens with zero attached hydrogens (tertiary/aromatic N) is 1. The molecule has 0 amide bonds. The molecule has 1 aromatic rings. The number of hydrogen-bond acceptors (Lipinski definition) is 3. The second kappa shape index (κ2) is 6.27. The van der Waals surface area contributed by atoms with Crippen LogP contribution in [0.1, 0.15) is 49.3 Å². The number of allylic oxidation sites excluding steroid dienone is 2. The van der Waals surface area contributed by atoms with E-state index in [2.05, 4.69) is 25.6 Å². The minimum atomic E-state index is -4.18. The fourth-order valence-electron chi connectivity index (χ4n) is 5.40. The summed E-state index contributed by atoms with van der Waals surface area (Å²) in [5.74, 6) is 0.273. The van der Waals surface area contributed by atoms with Gasteiger partial charge in [-0.25, -0.2) is 0 Å². The van der Waals surface area contributed by atoms with Crippen molar-refractivity contribution in [2.45, 2.75) is 51.7 Å². The van der Waals surface area contributed by atoms with Crippen LogP contribution in [0.15, 0.2) is 35.9 Å². The topological polar surface area (TPSA) is 77.8 Å². The van der Waals surface area contributed by atoms with Gasteiger partial charge in [0.25, 0.3) is 0 Å². The maximum absolute atomic E-state index is 11.3. The van der Waals surface area contributed by atoms with Crippen LogP contribution >= 0.6 is 0 Å². The molecule has 1 unspecified atom stereocenters. The van der Waals surface area contributed by atoms with E-state index in [-0.39, 0.29) is 24.0 Å². The Morgan fingerprint density at radius 2 is 2.04 bits per heavy atom. The number of aliphatic hydroxyl groups is 1. The zero-order chi connectivity index (χ0) is 19.6. The molecule has 5 nitrogen and oxygen atoms in total. The van der Waals surface area contributed by atoms with E-state index in [0.29, 0.717) is 6.42 Å². The standard InChI is InChI=1S/C21H27NO4S/c1-13-10-19(23)21(2)9-8-17-16-6-4-14(12-22(3)27(24,25)26)11-15(16)5-7-18(17)20(13)21/h4,6,11,19-20,23H,1,5,7-10,12H2,2-3H3,(H,24,25,26)/t19-,20?,21+/m0/s1. The lowest BCUT2D eigenvalue weighted by Crippen LogP contribution is -2.37. The highest BCUT2D eigenvalue weighted by Crippen LogP contribution is 2.59. The quantitative estimate of drug-likeness (QED) is 0.614. The summed E-state index contributed by atoms with van der Waals surface area (Å²) in [6.45, 7) is 6.63. The van der Waals surface area contributed by atoms with E-state index >= 15 is 0 Å². The summed E-state index contributed by atoms with van der Waals surface area (Å²) in [4.78, 5) is 0. The van der Waals surface area contributed by atoms with Gasteiger partial charge in [-0.2, -0.15) is 12.7 Å². The van der Waals surface area contributed by atoms with Gasteiger partial charge < -0.3 is 5.11 Å². The predicted molar refractivity (Wildman–Crippen MR) is 105 cm³/mol. The van der Waals surface area contributed by atoms with Gasteiger partial charge in [-0.1, -0.05) is 42.8 Å². The van der Waals surface area contributed by atoms with Gasteiger partial charge in [0, 0.05) is 24.9 Å². The molecule has 0 saturated heterocycles. The Hall–Kier alpha value is -1.47. The van der Waals surface area contributed by atoms with Crippen molar-refractivity contribution in [2.24, 2.45) is 11.3 Å². The molecule has 0 aliphatic heterocycles. The monoisotopic (exact) mass is 389 g/mol. The zero-order valence-corrected chi connectivity index (χ0v) is 16.7. The van der Waals surface area contributed by atoms with E-state index in [9.17, 15) is 13.5 Å². The molecule has 1 fully saturated rings. The van der Waals surface area contributed by atoms with E-state index in [1.807, 2.05) is 6.07 Å². The van der Waals surface area contributed by atoms with Crippen molar-refractivity contribution >= 4 is 15.9 Å². The molecule has 3 atom stereocenters. The number of hydrogen-bond donors (Lipinski definition) is 2. The molecule has 146 valence electrons.